The number of thiazole rings is 1. The molecule has 1 atom stereocenters. The van der Waals surface area contributed by atoms with Gasteiger partial charge in [0.2, 0.25) is 5.91 Å². The number of nitrogens with one attached hydrogen (secondary N) is 2. The standard InChI is InChI=1S/C35H40F2N8O4S/c1-5-14-43(15-13-36)28-18-23(19-38-33(28)45-17-16-44(31(46)6-2)21-24(45)22-48-3)26-11-12-29(49-4)32(40-26)42-35-39-20-30(50-35)34(47)41-27-10-8-7-9-25(27)37/h6-12,18-20,24H,2,5,13-17,21-22H2,1,3-4H3,(H,41,47)(H,39,40,42). The molecule has 1 unspecified atom stereocenters. The van der Waals surface area contributed by atoms with E-state index >= 15 is 0 Å². The Kier molecular flexibility index (Phi) is 12.3. The number of alkyl halides is 1. The topological polar surface area (TPSA) is 125 Å². The molecule has 0 bridgehead atoms. The van der Waals surface area contributed by atoms with E-state index < -0.39 is 18.4 Å². The molecule has 1 aromatic carbocycles. The van der Waals surface area contributed by atoms with Crippen LogP contribution in [0.3, 0.4) is 0 Å². The van der Waals surface area contributed by atoms with E-state index in [9.17, 15) is 18.4 Å². The molecule has 12 nitrogen and oxygen atoms in total. The number of carbonyl (C=O) groups excluding carboxylic acids is 2. The van der Waals surface area contributed by atoms with Gasteiger partial charge < -0.3 is 34.8 Å². The summed E-state index contributed by atoms with van der Waals surface area (Å²) in [6, 6.07) is 11.2. The predicted molar refractivity (Wildman–Crippen MR) is 192 cm³/mol. The van der Waals surface area contributed by atoms with Crippen molar-refractivity contribution in [1.29, 1.82) is 0 Å². The number of para-hydroxylation sites is 1. The van der Waals surface area contributed by atoms with Crippen molar-refractivity contribution >= 4 is 51.3 Å². The molecule has 50 heavy (non-hydrogen) atoms. The molecule has 264 valence electrons. The summed E-state index contributed by atoms with van der Waals surface area (Å²) in [5.74, 6) is 0.265. The largest absolute Gasteiger partial charge is 0.493 e. The van der Waals surface area contributed by atoms with E-state index in [1.54, 1.807) is 42.5 Å². The average Bonchev–Trinajstić information content (AvgIpc) is 3.61. The second-order valence-electron chi connectivity index (χ2n) is 11.4. The van der Waals surface area contributed by atoms with Gasteiger partial charge in [0.25, 0.3) is 5.91 Å². The number of amides is 2. The van der Waals surface area contributed by atoms with Gasteiger partial charge in [-0.25, -0.2) is 23.7 Å². The summed E-state index contributed by atoms with van der Waals surface area (Å²) in [5.41, 5.74) is 2.05. The second kappa shape index (κ2) is 17.0. The van der Waals surface area contributed by atoms with Crippen LogP contribution in [0.5, 0.6) is 5.75 Å². The van der Waals surface area contributed by atoms with Gasteiger partial charge in [-0.1, -0.05) is 37.0 Å². The number of rotatable bonds is 15. The smallest absolute Gasteiger partial charge is 0.267 e. The maximum Gasteiger partial charge on any atom is 0.267 e. The summed E-state index contributed by atoms with van der Waals surface area (Å²) in [5, 5.41) is 6.07. The van der Waals surface area contributed by atoms with Gasteiger partial charge in [0, 0.05) is 51.6 Å². The van der Waals surface area contributed by atoms with Crippen molar-refractivity contribution in [2.45, 2.75) is 19.4 Å². The SMILES string of the molecule is C=CC(=O)N1CCN(c2ncc(-c3ccc(OC)c(Nc4ncc(C(=O)Nc5ccccc5F)s4)n3)cc2N(CCC)CCF)C(COC)C1. The molecule has 3 aromatic heterocycles. The van der Waals surface area contributed by atoms with E-state index in [1.165, 1.54) is 31.5 Å². The van der Waals surface area contributed by atoms with Gasteiger partial charge in [-0.3, -0.25) is 9.59 Å². The van der Waals surface area contributed by atoms with E-state index in [0.29, 0.717) is 66.6 Å². The van der Waals surface area contributed by atoms with Crippen LogP contribution in [0.4, 0.5) is 36.9 Å². The molecule has 1 fully saturated rings. The lowest BCUT2D eigenvalue weighted by atomic mass is 10.1. The Morgan fingerprint density at radius 1 is 1.14 bits per heavy atom. The lowest BCUT2D eigenvalue weighted by Gasteiger charge is -2.43. The Labute approximate surface area is 293 Å². The minimum Gasteiger partial charge on any atom is -0.493 e. The number of halogens is 2. The van der Waals surface area contributed by atoms with Crippen LogP contribution in [0, 0.1) is 5.82 Å². The number of hydrogen-bond acceptors (Lipinski definition) is 11. The fourth-order valence-electron chi connectivity index (χ4n) is 5.71. The highest BCUT2D eigenvalue weighted by molar-refractivity contribution is 7.17. The summed E-state index contributed by atoms with van der Waals surface area (Å²) < 4.78 is 39.1. The number of methoxy groups -OCH3 is 2. The van der Waals surface area contributed by atoms with Gasteiger partial charge >= 0.3 is 0 Å². The summed E-state index contributed by atoms with van der Waals surface area (Å²) in [7, 11) is 3.13. The lowest BCUT2D eigenvalue weighted by molar-refractivity contribution is -0.127. The molecular formula is C35H40F2N8O4S. The number of anilines is 5. The van der Waals surface area contributed by atoms with Crippen molar-refractivity contribution in [1.82, 2.24) is 19.9 Å². The summed E-state index contributed by atoms with van der Waals surface area (Å²) in [6.07, 6.45) is 5.21. The van der Waals surface area contributed by atoms with Gasteiger partial charge in [-0.05, 0) is 42.8 Å². The van der Waals surface area contributed by atoms with Crippen LogP contribution < -0.4 is 25.2 Å². The van der Waals surface area contributed by atoms with E-state index in [-0.39, 0.29) is 29.1 Å². The summed E-state index contributed by atoms with van der Waals surface area (Å²) in [4.78, 5) is 45.4. The molecule has 4 aromatic rings. The van der Waals surface area contributed by atoms with Gasteiger partial charge in [-0.15, -0.1) is 0 Å². The highest BCUT2D eigenvalue weighted by atomic mass is 32.1. The number of aromatic nitrogens is 3. The molecule has 5 rings (SSSR count). The molecule has 1 aliphatic heterocycles. The van der Waals surface area contributed by atoms with E-state index in [1.807, 2.05) is 17.9 Å². The van der Waals surface area contributed by atoms with Crippen LogP contribution in [0.2, 0.25) is 0 Å². The zero-order chi connectivity index (χ0) is 35.6. The molecule has 2 amide bonds. The van der Waals surface area contributed by atoms with Gasteiger partial charge in [-0.2, -0.15) is 0 Å². The first-order chi connectivity index (χ1) is 24.3. The summed E-state index contributed by atoms with van der Waals surface area (Å²) in [6.45, 7) is 7.66. The van der Waals surface area contributed by atoms with Crippen molar-refractivity contribution in [2.24, 2.45) is 0 Å². The number of ether oxygens (including phenoxy) is 2. The van der Waals surface area contributed by atoms with Crippen LogP contribution in [0.1, 0.15) is 23.0 Å². The van der Waals surface area contributed by atoms with Crippen molar-refractivity contribution in [2.75, 3.05) is 80.7 Å². The third-order valence-corrected chi connectivity index (χ3v) is 9.00. The zero-order valence-corrected chi connectivity index (χ0v) is 29.0. The van der Waals surface area contributed by atoms with E-state index in [2.05, 4.69) is 27.1 Å². The number of carbonyl (C=O) groups is 2. The van der Waals surface area contributed by atoms with Crippen molar-refractivity contribution < 1.29 is 27.8 Å². The Hall–Kier alpha value is -5.15. The first kappa shape index (κ1) is 36.1. The fourth-order valence-corrected chi connectivity index (χ4v) is 6.42. The predicted octanol–water partition coefficient (Wildman–Crippen LogP) is 5.78. The van der Waals surface area contributed by atoms with Gasteiger partial charge in [0.1, 0.15) is 17.4 Å². The first-order valence-corrected chi connectivity index (χ1v) is 16.9. The molecule has 4 heterocycles. The molecule has 2 N–H and O–H groups in total. The Morgan fingerprint density at radius 2 is 1.96 bits per heavy atom. The number of nitrogens with zero attached hydrogens (tertiary/aromatic N) is 6. The lowest BCUT2D eigenvalue weighted by Crippen LogP contribution is -2.56. The fraction of sp³-hybridized carbons (Fsp3) is 0.343. The highest BCUT2D eigenvalue weighted by Crippen LogP contribution is 2.36. The monoisotopic (exact) mass is 706 g/mol. The number of hydrogen-bond donors (Lipinski definition) is 2. The molecule has 1 aliphatic rings. The minimum absolute atomic E-state index is 0.0683. The molecule has 0 radical (unpaired) electrons. The van der Waals surface area contributed by atoms with Crippen LogP contribution in [0.25, 0.3) is 11.3 Å². The number of piperazine rings is 1. The second-order valence-corrected chi connectivity index (χ2v) is 12.4. The summed E-state index contributed by atoms with van der Waals surface area (Å²) >= 11 is 1.07. The van der Waals surface area contributed by atoms with E-state index in [4.69, 9.17) is 19.4 Å². The molecule has 0 aliphatic carbocycles. The number of pyridine rings is 2. The Bertz CT molecular complexity index is 1800. The average molecular weight is 707 g/mol. The zero-order valence-electron chi connectivity index (χ0n) is 28.2. The van der Waals surface area contributed by atoms with Crippen LogP contribution >= 0.6 is 11.3 Å². The quantitative estimate of drug-likeness (QED) is 0.147. The van der Waals surface area contributed by atoms with Crippen molar-refractivity contribution in [3.05, 3.63) is 78.2 Å². The maximum atomic E-state index is 14.1. The van der Waals surface area contributed by atoms with Crippen molar-refractivity contribution in [3.63, 3.8) is 0 Å². The third kappa shape index (κ3) is 8.34. The third-order valence-electron chi connectivity index (χ3n) is 8.09. The Balaban J connectivity index is 1.46. The minimum atomic E-state index is -0.546. The molecule has 1 saturated heterocycles. The normalized spacial score (nSPS) is 14.3. The van der Waals surface area contributed by atoms with Crippen LogP contribution in [-0.4, -0.2) is 97.9 Å². The Morgan fingerprint density at radius 3 is 2.68 bits per heavy atom. The van der Waals surface area contributed by atoms with Crippen LogP contribution in [0.15, 0.2) is 67.5 Å². The van der Waals surface area contributed by atoms with E-state index in [0.717, 1.165) is 23.4 Å². The molecule has 0 saturated carbocycles. The maximum absolute atomic E-state index is 14.1. The van der Waals surface area contributed by atoms with Gasteiger partial charge in [0.15, 0.2) is 22.5 Å². The highest BCUT2D eigenvalue weighted by Gasteiger charge is 2.32. The molecule has 0 spiro atoms. The first-order valence-electron chi connectivity index (χ1n) is 16.1. The van der Waals surface area contributed by atoms with Gasteiger partial charge in [0.05, 0.1) is 43.0 Å². The van der Waals surface area contributed by atoms with Crippen LogP contribution in [-0.2, 0) is 9.53 Å². The van der Waals surface area contributed by atoms with Crippen molar-refractivity contribution in [3.8, 4) is 17.0 Å². The number of benzene rings is 1. The molecule has 15 heteroatoms. The molecular weight excluding hydrogens is 666 g/mol.